The normalized spacial score (nSPS) is 17.6. The third-order valence-electron chi connectivity index (χ3n) is 3.79. The summed E-state index contributed by atoms with van der Waals surface area (Å²) in [4.78, 5) is 1.86. The fourth-order valence-corrected chi connectivity index (χ4v) is 2.77. The molecule has 0 radical (unpaired) electrons. The molecule has 1 heterocycles. The number of aryl methyl sites for hydroxylation is 1. The summed E-state index contributed by atoms with van der Waals surface area (Å²) in [6.45, 7) is 5.99. The van der Waals surface area contributed by atoms with Crippen molar-refractivity contribution in [2.75, 3.05) is 24.5 Å². The largest absolute Gasteiger partial charge is 0.418 e. The van der Waals surface area contributed by atoms with Gasteiger partial charge in [0.15, 0.2) is 0 Å². The van der Waals surface area contributed by atoms with Crippen molar-refractivity contribution in [2.24, 2.45) is 0 Å². The number of hydrogen-bond donors (Lipinski definition) is 1. The molecule has 2 nitrogen and oxygen atoms in total. The number of hydrogen-bond acceptors (Lipinski definition) is 2. The molecule has 1 aliphatic heterocycles. The van der Waals surface area contributed by atoms with Crippen LogP contribution in [0, 0.1) is 6.92 Å². The van der Waals surface area contributed by atoms with Gasteiger partial charge in [0.1, 0.15) is 0 Å². The van der Waals surface area contributed by atoms with Crippen LogP contribution in [0.2, 0.25) is 0 Å². The first-order chi connectivity index (χ1) is 9.41. The molecule has 0 aliphatic carbocycles. The lowest BCUT2D eigenvalue weighted by atomic mass is 10.0. The minimum Gasteiger partial charge on any atom is -0.371 e. The minimum absolute atomic E-state index is 0.318. The van der Waals surface area contributed by atoms with Crippen LogP contribution in [0.1, 0.15) is 30.9 Å². The SMILES string of the molecule is CCNC1CCN(c2ccc(C)cc2C(F)(F)F)CC1. The molecule has 1 saturated heterocycles. The average molecular weight is 286 g/mol. The van der Waals surface area contributed by atoms with Crippen LogP contribution in [-0.4, -0.2) is 25.7 Å². The van der Waals surface area contributed by atoms with Crippen molar-refractivity contribution in [1.82, 2.24) is 5.32 Å². The van der Waals surface area contributed by atoms with Crippen molar-refractivity contribution in [3.63, 3.8) is 0 Å². The number of rotatable bonds is 3. The molecule has 1 fully saturated rings. The summed E-state index contributed by atoms with van der Waals surface area (Å²) >= 11 is 0. The van der Waals surface area contributed by atoms with Gasteiger partial charge in [-0.05, 0) is 38.4 Å². The summed E-state index contributed by atoms with van der Waals surface area (Å²) in [7, 11) is 0. The Morgan fingerprint density at radius 3 is 2.45 bits per heavy atom. The molecule has 0 unspecified atom stereocenters. The first-order valence-electron chi connectivity index (χ1n) is 7.08. The number of nitrogens with zero attached hydrogens (tertiary/aromatic N) is 1. The molecule has 1 aliphatic rings. The summed E-state index contributed by atoms with van der Waals surface area (Å²) in [5, 5.41) is 3.36. The van der Waals surface area contributed by atoms with Gasteiger partial charge in [0.2, 0.25) is 0 Å². The predicted molar refractivity (Wildman–Crippen MR) is 75.1 cm³/mol. The highest BCUT2D eigenvalue weighted by atomic mass is 19.4. The second-order valence-corrected chi connectivity index (χ2v) is 5.34. The Bertz CT molecular complexity index is 449. The van der Waals surface area contributed by atoms with E-state index in [4.69, 9.17) is 0 Å². The molecule has 0 spiro atoms. The Hall–Kier alpha value is -1.23. The van der Waals surface area contributed by atoms with E-state index in [2.05, 4.69) is 5.32 Å². The van der Waals surface area contributed by atoms with E-state index in [0.717, 1.165) is 19.4 Å². The third-order valence-corrected chi connectivity index (χ3v) is 3.79. The van der Waals surface area contributed by atoms with Gasteiger partial charge in [0.25, 0.3) is 0 Å². The van der Waals surface area contributed by atoms with E-state index >= 15 is 0 Å². The Kier molecular flexibility index (Phi) is 4.58. The zero-order valence-corrected chi connectivity index (χ0v) is 11.9. The van der Waals surface area contributed by atoms with Crippen LogP contribution < -0.4 is 10.2 Å². The molecule has 20 heavy (non-hydrogen) atoms. The van der Waals surface area contributed by atoms with Gasteiger partial charge in [-0.2, -0.15) is 13.2 Å². The third kappa shape index (κ3) is 3.45. The molecular weight excluding hydrogens is 265 g/mol. The molecule has 1 N–H and O–H groups in total. The van der Waals surface area contributed by atoms with Crippen LogP contribution in [0.3, 0.4) is 0 Å². The van der Waals surface area contributed by atoms with Gasteiger partial charge in [-0.3, -0.25) is 0 Å². The summed E-state index contributed by atoms with van der Waals surface area (Å²) in [6, 6.07) is 5.02. The summed E-state index contributed by atoms with van der Waals surface area (Å²) in [5.41, 5.74) is 0.445. The Balaban J connectivity index is 2.18. The molecule has 0 saturated carbocycles. The van der Waals surface area contributed by atoms with Crippen molar-refractivity contribution in [3.8, 4) is 0 Å². The molecule has 2 rings (SSSR count). The first kappa shape index (κ1) is 15.2. The summed E-state index contributed by atoms with van der Waals surface area (Å²) < 4.78 is 39.4. The van der Waals surface area contributed by atoms with Gasteiger partial charge in [-0.25, -0.2) is 0 Å². The van der Waals surface area contributed by atoms with Crippen LogP contribution >= 0.6 is 0 Å². The van der Waals surface area contributed by atoms with Crippen LogP contribution in [0.4, 0.5) is 18.9 Å². The van der Waals surface area contributed by atoms with Crippen molar-refractivity contribution in [3.05, 3.63) is 29.3 Å². The Labute approximate surface area is 118 Å². The van der Waals surface area contributed by atoms with E-state index in [0.29, 0.717) is 30.4 Å². The maximum Gasteiger partial charge on any atom is 0.418 e. The lowest BCUT2D eigenvalue weighted by Crippen LogP contribution is -2.43. The number of alkyl halides is 3. The van der Waals surface area contributed by atoms with Crippen molar-refractivity contribution < 1.29 is 13.2 Å². The van der Waals surface area contributed by atoms with E-state index in [-0.39, 0.29) is 0 Å². The second-order valence-electron chi connectivity index (χ2n) is 5.34. The summed E-state index contributed by atoms with van der Waals surface area (Å²) in [6.07, 6.45) is -2.52. The molecule has 1 aromatic carbocycles. The quantitative estimate of drug-likeness (QED) is 0.913. The molecule has 5 heteroatoms. The van der Waals surface area contributed by atoms with Crippen LogP contribution in [0.25, 0.3) is 0 Å². The Morgan fingerprint density at radius 2 is 1.90 bits per heavy atom. The molecule has 0 atom stereocenters. The van der Waals surface area contributed by atoms with E-state index < -0.39 is 11.7 Å². The van der Waals surface area contributed by atoms with Crippen molar-refractivity contribution in [2.45, 2.75) is 38.9 Å². The summed E-state index contributed by atoms with van der Waals surface area (Å²) in [5.74, 6) is 0. The number of benzene rings is 1. The number of halogens is 3. The number of nitrogens with one attached hydrogen (secondary N) is 1. The van der Waals surface area contributed by atoms with Gasteiger partial charge >= 0.3 is 6.18 Å². The molecular formula is C15H21F3N2. The topological polar surface area (TPSA) is 15.3 Å². The standard InChI is InChI=1S/C15H21F3N2/c1-3-19-12-6-8-20(9-7-12)14-5-4-11(2)10-13(14)15(16,17)18/h4-5,10,12,19H,3,6-9H2,1-2H3. The molecule has 1 aromatic rings. The lowest BCUT2D eigenvalue weighted by Gasteiger charge is -2.35. The molecule has 0 aromatic heterocycles. The second kappa shape index (κ2) is 6.04. The van der Waals surface area contributed by atoms with Crippen LogP contribution in [-0.2, 0) is 6.18 Å². The van der Waals surface area contributed by atoms with E-state index in [1.54, 1.807) is 19.1 Å². The van der Waals surface area contributed by atoms with Gasteiger partial charge in [0.05, 0.1) is 5.56 Å². The van der Waals surface area contributed by atoms with E-state index in [9.17, 15) is 13.2 Å². The van der Waals surface area contributed by atoms with E-state index in [1.165, 1.54) is 6.07 Å². The highest BCUT2D eigenvalue weighted by Crippen LogP contribution is 2.38. The molecule has 112 valence electrons. The Morgan fingerprint density at radius 1 is 1.25 bits per heavy atom. The number of anilines is 1. The smallest absolute Gasteiger partial charge is 0.371 e. The van der Waals surface area contributed by atoms with Crippen LogP contribution in [0.5, 0.6) is 0 Å². The highest BCUT2D eigenvalue weighted by Gasteiger charge is 2.35. The maximum absolute atomic E-state index is 13.1. The minimum atomic E-state index is -4.29. The highest BCUT2D eigenvalue weighted by molar-refractivity contribution is 5.56. The lowest BCUT2D eigenvalue weighted by molar-refractivity contribution is -0.137. The number of piperidine rings is 1. The van der Waals surface area contributed by atoms with Crippen LogP contribution in [0.15, 0.2) is 18.2 Å². The fraction of sp³-hybridized carbons (Fsp3) is 0.600. The fourth-order valence-electron chi connectivity index (χ4n) is 2.77. The van der Waals surface area contributed by atoms with Gasteiger partial charge in [0, 0.05) is 24.8 Å². The van der Waals surface area contributed by atoms with E-state index in [1.807, 2.05) is 11.8 Å². The van der Waals surface area contributed by atoms with Gasteiger partial charge in [-0.15, -0.1) is 0 Å². The van der Waals surface area contributed by atoms with Crippen molar-refractivity contribution >= 4 is 5.69 Å². The maximum atomic E-state index is 13.1. The zero-order valence-electron chi connectivity index (χ0n) is 11.9. The van der Waals surface area contributed by atoms with Gasteiger partial charge in [-0.1, -0.05) is 18.6 Å². The molecule has 0 bridgehead atoms. The first-order valence-corrected chi connectivity index (χ1v) is 7.08. The van der Waals surface area contributed by atoms with Crippen molar-refractivity contribution in [1.29, 1.82) is 0 Å². The zero-order chi connectivity index (χ0) is 14.8. The monoisotopic (exact) mass is 286 g/mol. The molecule has 0 amide bonds. The van der Waals surface area contributed by atoms with Gasteiger partial charge < -0.3 is 10.2 Å². The average Bonchev–Trinajstić information content (AvgIpc) is 2.39. The predicted octanol–water partition coefficient (Wildman–Crippen LogP) is 3.59.